The van der Waals surface area contributed by atoms with Crippen molar-refractivity contribution in [3.05, 3.63) is 35.4 Å². The SMILES string of the molecule is CCCC(F)(F)c1ccc(C(=N)NO)cc1. The van der Waals surface area contributed by atoms with Crippen molar-refractivity contribution < 1.29 is 14.0 Å². The first-order valence-electron chi connectivity index (χ1n) is 4.98. The van der Waals surface area contributed by atoms with Gasteiger partial charge in [-0.25, -0.2) is 8.78 Å². The normalized spacial score (nSPS) is 11.2. The number of benzene rings is 1. The van der Waals surface area contributed by atoms with Crippen LogP contribution >= 0.6 is 0 Å². The third kappa shape index (κ3) is 2.76. The summed E-state index contributed by atoms with van der Waals surface area (Å²) in [4.78, 5) is 0. The van der Waals surface area contributed by atoms with Crippen molar-refractivity contribution in [2.24, 2.45) is 0 Å². The van der Waals surface area contributed by atoms with E-state index in [1.165, 1.54) is 24.3 Å². The molecule has 0 heterocycles. The minimum Gasteiger partial charge on any atom is -0.290 e. The largest absolute Gasteiger partial charge is 0.290 e. The van der Waals surface area contributed by atoms with Gasteiger partial charge in [-0.3, -0.25) is 16.1 Å². The van der Waals surface area contributed by atoms with E-state index in [1.807, 2.05) is 0 Å². The molecule has 1 rings (SSSR count). The van der Waals surface area contributed by atoms with Gasteiger partial charge in [0.2, 0.25) is 0 Å². The number of alkyl halides is 2. The molecule has 3 N–H and O–H groups in total. The van der Waals surface area contributed by atoms with E-state index in [0.29, 0.717) is 12.0 Å². The molecule has 0 atom stereocenters. The Morgan fingerprint density at radius 3 is 2.38 bits per heavy atom. The molecule has 5 heteroatoms. The summed E-state index contributed by atoms with van der Waals surface area (Å²) in [6, 6.07) is 5.31. The van der Waals surface area contributed by atoms with Crippen LogP contribution < -0.4 is 5.48 Å². The van der Waals surface area contributed by atoms with Crippen molar-refractivity contribution >= 4 is 5.84 Å². The fraction of sp³-hybridized carbons (Fsp3) is 0.364. The molecule has 0 radical (unpaired) electrons. The lowest BCUT2D eigenvalue weighted by Gasteiger charge is -2.16. The van der Waals surface area contributed by atoms with E-state index in [0.717, 1.165) is 0 Å². The molecule has 0 saturated carbocycles. The first kappa shape index (κ1) is 12.6. The number of hydroxylamine groups is 1. The number of amidine groups is 1. The Labute approximate surface area is 92.6 Å². The molecular weight excluding hydrogens is 214 g/mol. The summed E-state index contributed by atoms with van der Waals surface area (Å²) in [6.45, 7) is 1.70. The van der Waals surface area contributed by atoms with E-state index in [1.54, 1.807) is 12.4 Å². The van der Waals surface area contributed by atoms with Gasteiger partial charge in [-0.05, 0) is 0 Å². The van der Waals surface area contributed by atoms with Crippen LogP contribution in [0.1, 0.15) is 30.9 Å². The molecule has 0 saturated heterocycles. The second-order valence-corrected chi connectivity index (χ2v) is 3.52. The Kier molecular flexibility index (Phi) is 3.95. The molecule has 16 heavy (non-hydrogen) atoms. The van der Waals surface area contributed by atoms with Crippen LogP contribution in [0.5, 0.6) is 0 Å². The van der Waals surface area contributed by atoms with E-state index in [-0.39, 0.29) is 17.8 Å². The van der Waals surface area contributed by atoms with Gasteiger partial charge in [0.15, 0.2) is 0 Å². The standard InChI is InChI=1S/C11H14F2N2O/c1-2-7-11(12,13)9-5-3-8(4-6-9)10(14)15-16/h3-6,16H,2,7H2,1H3,(H2,14,15). The highest BCUT2D eigenvalue weighted by molar-refractivity contribution is 5.95. The molecule has 0 aliphatic carbocycles. The lowest BCUT2D eigenvalue weighted by atomic mass is 10.0. The Morgan fingerprint density at radius 1 is 1.38 bits per heavy atom. The summed E-state index contributed by atoms with van der Waals surface area (Å²) < 4.78 is 26.9. The van der Waals surface area contributed by atoms with E-state index in [4.69, 9.17) is 10.6 Å². The number of hydrogen-bond donors (Lipinski definition) is 3. The van der Waals surface area contributed by atoms with Gasteiger partial charge in [0, 0.05) is 17.5 Å². The molecule has 1 aromatic carbocycles. The highest BCUT2D eigenvalue weighted by Gasteiger charge is 2.29. The quantitative estimate of drug-likeness (QED) is 0.421. The molecule has 0 bridgehead atoms. The Bertz CT molecular complexity index is 363. The Morgan fingerprint density at radius 2 is 1.94 bits per heavy atom. The summed E-state index contributed by atoms with van der Waals surface area (Å²) in [7, 11) is 0. The number of hydrogen-bond acceptors (Lipinski definition) is 2. The number of rotatable bonds is 4. The second-order valence-electron chi connectivity index (χ2n) is 3.52. The predicted molar refractivity (Wildman–Crippen MR) is 57.0 cm³/mol. The lowest BCUT2D eigenvalue weighted by Crippen LogP contribution is -2.19. The minimum atomic E-state index is -2.83. The zero-order valence-corrected chi connectivity index (χ0v) is 8.93. The van der Waals surface area contributed by atoms with Crippen molar-refractivity contribution in [2.45, 2.75) is 25.7 Å². The Balaban J connectivity index is 2.90. The van der Waals surface area contributed by atoms with Crippen molar-refractivity contribution in [2.75, 3.05) is 0 Å². The highest BCUT2D eigenvalue weighted by Crippen LogP contribution is 2.32. The zero-order chi connectivity index (χ0) is 12.2. The average Bonchev–Trinajstić information content (AvgIpc) is 2.28. The van der Waals surface area contributed by atoms with Gasteiger partial charge in [-0.1, -0.05) is 37.6 Å². The van der Waals surface area contributed by atoms with Crippen molar-refractivity contribution in [3.63, 3.8) is 0 Å². The zero-order valence-electron chi connectivity index (χ0n) is 8.93. The van der Waals surface area contributed by atoms with Gasteiger partial charge in [-0.15, -0.1) is 0 Å². The van der Waals surface area contributed by atoms with Crippen molar-refractivity contribution in [1.29, 1.82) is 5.41 Å². The van der Waals surface area contributed by atoms with Crippen LogP contribution in [0.25, 0.3) is 0 Å². The first-order valence-corrected chi connectivity index (χ1v) is 4.98. The van der Waals surface area contributed by atoms with Crippen LogP contribution in [0.3, 0.4) is 0 Å². The summed E-state index contributed by atoms with van der Waals surface area (Å²) in [5.41, 5.74) is 1.95. The maximum absolute atomic E-state index is 13.5. The highest BCUT2D eigenvalue weighted by atomic mass is 19.3. The van der Waals surface area contributed by atoms with Crippen LogP contribution in [-0.4, -0.2) is 11.0 Å². The van der Waals surface area contributed by atoms with Gasteiger partial charge >= 0.3 is 0 Å². The van der Waals surface area contributed by atoms with Crippen LogP contribution in [0.2, 0.25) is 0 Å². The van der Waals surface area contributed by atoms with Crippen LogP contribution in [0.4, 0.5) is 8.78 Å². The number of halogens is 2. The maximum atomic E-state index is 13.5. The fourth-order valence-electron chi connectivity index (χ4n) is 1.40. The van der Waals surface area contributed by atoms with E-state index in [2.05, 4.69) is 0 Å². The molecule has 0 fully saturated rings. The maximum Gasteiger partial charge on any atom is 0.273 e. The summed E-state index contributed by atoms with van der Waals surface area (Å²) in [5.74, 6) is -3.05. The lowest BCUT2D eigenvalue weighted by molar-refractivity contribution is -0.0140. The van der Waals surface area contributed by atoms with Gasteiger partial charge < -0.3 is 0 Å². The fourth-order valence-corrected chi connectivity index (χ4v) is 1.40. The molecule has 3 nitrogen and oxygen atoms in total. The third-order valence-corrected chi connectivity index (χ3v) is 2.27. The summed E-state index contributed by atoms with van der Waals surface area (Å²) in [5, 5.41) is 15.7. The molecule has 0 amide bonds. The smallest absolute Gasteiger partial charge is 0.273 e. The van der Waals surface area contributed by atoms with Gasteiger partial charge in [0.1, 0.15) is 5.84 Å². The van der Waals surface area contributed by atoms with Crippen LogP contribution in [0.15, 0.2) is 24.3 Å². The van der Waals surface area contributed by atoms with Gasteiger partial charge in [-0.2, -0.15) is 0 Å². The molecule has 1 aromatic rings. The van der Waals surface area contributed by atoms with Crippen molar-refractivity contribution in [1.82, 2.24) is 5.48 Å². The van der Waals surface area contributed by atoms with Crippen LogP contribution in [-0.2, 0) is 5.92 Å². The number of nitrogens with one attached hydrogen (secondary N) is 2. The Hall–Kier alpha value is -1.49. The van der Waals surface area contributed by atoms with Gasteiger partial charge in [0.05, 0.1) is 0 Å². The molecule has 0 spiro atoms. The molecule has 88 valence electrons. The summed E-state index contributed by atoms with van der Waals surface area (Å²) >= 11 is 0. The van der Waals surface area contributed by atoms with Gasteiger partial charge in [0.25, 0.3) is 5.92 Å². The molecular formula is C11H14F2N2O. The predicted octanol–water partition coefficient (Wildman–Crippen LogP) is 2.88. The second kappa shape index (κ2) is 5.03. The topological polar surface area (TPSA) is 56.1 Å². The molecule has 0 aliphatic rings. The van der Waals surface area contributed by atoms with E-state index >= 15 is 0 Å². The average molecular weight is 228 g/mol. The molecule has 0 unspecified atom stereocenters. The molecule has 0 aliphatic heterocycles. The third-order valence-electron chi connectivity index (χ3n) is 2.27. The minimum absolute atomic E-state index is 0.0659. The summed E-state index contributed by atoms with van der Waals surface area (Å²) in [6.07, 6.45) is 0.213. The first-order chi connectivity index (χ1) is 7.51. The van der Waals surface area contributed by atoms with E-state index < -0.39 is 5.92 Å². The van der Waals surface area contributed by atoms with Crippen LogP contribution in [0, 0.1) is 5.41 Å². The van der Waals surface area contributed by atoms with E-state index in [9.17, 15) is 8.78 Å². The van der Waals surface area contributed by atoms with Crippen molar-refractivity contribution in [3.8, 4) is 0 Å². The monoisotopic (exact) mass is 228 g/mol. The molecule has 0 aromatic heterocycles.